The third-order valence-electron chi connectivity index (χ3n) is 5.39. The van der Waals surface area contributed by atoms with Crippen molar-refractivity contribution in [1.82, 2.24) is 9.97 Å². The molecule has 1 aromatic heterocycles. The van der Waals surface area contributed by atoms with Crippen LogP contribution in [0.2, 0.25) is 0 Å². The van der Waals surface area contributed by atoms with E-state index in [-0.39, 0.29) is 12.0 Å². The lowest BCUT2D eigenvalue weighted by atomic mass is 9.68. The zero-order chi connectivity index (χ0) is 17.2. The van der Waals surface area contributed by atoms with Crippen molar-refractivity contribution in [3.63, 3.8) is 0 Å². The molecule has 130 valence electrons. The maximum absolute atomic E-state index is 9.19. The van der Waals surface area contributed by atoms with Gasteiger partial charge in [0.05, 0.1) is 18.5 Å². The highest BCUT2D eigenvalue weighted by molar-refractivity contribution is 5.58. The maximum Gasteiger partial charge on any atom is 0.110 e. The van der Waals surface area contributed by atoms with Crippen molar-refractivity contribution >= 4 is 0 Å². The first kappa shape index (κ1) is 17.2. The lowest BCUT2D eigenvalue weighted by Gasteiger charge is -2.38. The Morgan fingerprint density at radius 2 is 1.79 bits per heavy atom. The first-order valence-corrected chi connectivity index (χ1v) is 9.24. The number of aromatic nitrogens is 2. The zero-order valence-corrected chi connectivity index (χ0v) is 15.2. The molecular weight excluding hydrogens is 296 g/mol. The fourth-order valence-electron chi connectivity index (χ4n) is 4.24. The van der Waals surface area contributed by atoms with Crippen LogP contribution in [0.5, 0.6) is 0 Å². The van der Waals surface area contributed by atoms with Crippen molar-refractivity contribution in [2.45, 2.75) is 65.4 Å². The molecular formula is C21H30N2O. The number of aliphatic hydroxyl groups excluding tert-OH is 1. The number of aliphatic hydroxyl groups is 1. The molecule has 3 nitrogen and oxygen atoms in total. The van der Waals surface area contributed by atoms with Crippen molar-refractivity contribution in [3.8, 4) is 11.3 Å². The molecule has 0 spiro atoms. The summed E-state index contributed by atoms with van der Waals surface area (Å²) in [5.74, 6) is 2.34. The van der Waals surface area contributed by atoms with Crippen LogP contribution in [0.3, 0.4) is 0 Å². The molecule has 1 atom stereocenters. The van der Waals surface area contributed by atoms with Gasteiger partial charge in [-0.3, -0.25) is 0 Å². The fourth-order valence-corrected chi connectivity index (χ4v) is 4.24. The predicted octanol–water partition coefficient (Wildman–Crippen LogP) is 5.28. The van der Waals surface area contributed by atoms with E-state index >= 15 is 0 Å². The Labute approximate surface area is 145 Å². The van der Waals surface area contributed by atoms with Gasteiger partial charge in [0.15, 0.2) is 0 Å². The second kappa shape index (κ2) is 7.10. The van der Waals surface area contributed by atoms with Crippen molar-refractivity contribution < 1.29 is 5.11 Å². The van der Waals surface area contributed by atoms with Crippen LogP contribution in [-0.2, 0) is 6.61 Å². The molecule has 0 amide bonds. The average Bonchev–Trinajstić information content (AvgIpc) is 3.04. The van der Waals surface area contributed by atoms with E-state index < -0.39 is 0 Å². The SMILES string of the molecule is CC(C)(C)C(c1ncc(-c2ccc(CO)cc2)[nH]1)C1CCCCC1. The minimum atomic E-state index is 0.0856. The molecule has 24 heavy (non-hydrogen) atoms. The molecule has 2 aromatic rings. The van der Waals surface area contributed by atoms with Crippen LogP contribution in [0.25, 0.3) is 11.3 Å². The third kappa shape index (κ3) is 3.72. The molecule has 1 fully saturated rings. The molecule has 0 saturated heterocycles. The number of imidazole rings is 1. The van der Waals surface area contributed by atoms with E-state index in [0.29, 0.717) is 5.92 Å². The zero-order valence-electron chi connectivity index (χ0n) is 15.2. The van der Waals surface area contributed by atoms with Crippen LogP contribution >= 0.6 is 0 Å². The minimum Gasteiger partial charge on any atom is -0.392 e. The Morgan fingerprint density at radius 1 is 1.12 bits per heavy atom. The second-order valence-corrected chi connectivity index (χ2v) is 8.28. The van der Waals surface area contributed by atoms with Crippen LogP contribution in [0.4, 0.5) is 0 Å². The number of hydrogen-bond acceptors (Lipinski definition) is 2. The number of hydrogen-bond donors (Lipinski definition) is 2. The van der Waals surface area contributed by atoms with E-state index in [1.165, 1.54) is 32.1 Å². The number of nitrogens with zero attached hydrogens (tertiary/aromatic N) is 1. The summed E-state index contributed by atoms with van der Waals surface area (Å²) < 4.78 is 0. The third-order valence-corrected chi connectivity index (χ3v) is 5.39. The van der Waals surface area contributed by atoms with Gasteiger partial charge in [-0.05, 0) is 35.3 Å². The van der Waals surface area contributed by atoms with Crippen molar-refractivity contribution in [1.29, 1.82) is 0 Å². The summed E-state index contributed by atoms with van der Waals surface area (Å²) in [6, 6.07) is 8.04. The number of nitrogens with one attached hydrogen (secondary N) is 1. The number of rotatable bonds is 4. The molecule has 1 unspecified atom stereocenters. The maximum atomic E-state index is 9.19. The quantitative estimate of drug-likeness (QED) is 0.803. The van der Waals surface area contributed by atoms with E-state index in [1.54, 1.807) is 0 Å². The van der Waals surface area contributed by atoms with Gasteiger partial charge in [0, 0.05) is 5.92 Å². The Hall–Kier alpha value is -1.61. The Kier molecular flexibility index (Phi) is 5.09. The monoisotopic (exact) mass is 326 g/mol. The van der Waals surface area contributed by atoms with Crippen molar-refractivity contribution in [2.75, 3.05) is 0 Å². The van der Waals surface area contributed by atoms with E-state index in [0.717, 1.165) is 28.6 Å². The highest BCUT2D eigenvalue weighted by Gasteiger charge is 2.36. The van der Waals surface area contributed by atoms with Gasteiger partial charge in [-0.25, -0.2) is 4.98 Å². The molecule has 1 aromatic carbocycles. The summed E-state index contributed by atoms with van der Waals surface area (Å²) in [5.41, 5.74) is 3.34. The highest BCUT2D eigenvalue weighted by atomic mass is 16.3. The summed E-state index contributed by atoms with van der Waals surface area (Å²) in [6.07, 6.45) is 8.70. The summed E-state index contributed by atoms with van der Waals surface area (Å²) in [5, 5.41) is 9.19. The molecule has 0 radical (unpaired) electrons. The molecule has 1 heterocycles. The van der Waals surface area contributed by atoms with Gasteiger partial charge in [-0.15, -0.1) is 0 Å². The summed E-state index contributed by atoms with van der Waals surface area (Å²) >= 11 is 0. The van der Waals surface area contributed by atoms with Crippen LogP contribution in [0, 0.1) is 11.3 Å². The largest absolute Gasteiger partial charge is 0.392 e. The van der Waals surface area contributed by atoms with E-state index in [4.69, 9.17) is 4.98 Å². The summed E-state index contributed by atoms with van der Waals surface area (Å²) in [7, 11) is 0. The van der Waals surface area contributed by atoms with Crippen molar-refractivity contribution in [2.24, 2.45) is 11.3 Å². The Morgan fingerprint density at radius 3 is 2.38 bits per heavy atom. The van der Waals surface area contributed by atoms with E-state index in [2.05, 4.69) is 37.9 Å². The molecule has 0 bridgehead atoms. The van der Waals surface area contributed by atoms with E-state index in [1.807, 2.05) is 18.3 Å². The number of benzene rings is 1. The summed E-state index contributed by atoms with van der Waals surface area (Å²) in [4.78, 5) is 8.37. The van der Waals surface area contributed by atoms with Gasteiger partial charge < -0.3 is 10.1 Å². The molecule has 1 saturated carbocycles. The van der Waals surface area contributed by atoms with Crippen LogP contribution < -0.4 is 0 Å². The molecule has 2 N–H and O–H groups in total. The first-order chi connectivity index (χ1) is 11.5. The van der Waals surface area contributed by atoms with Crippen LogP contribution in [0.15, 0.2) is 30.5 Å². The molecule has 1 aliphatic rings. The molecule has 3 heteroatoms. The first-order valence-electron chi connectivity index (χ1n) is 9.24. The molecule has 0 aliphatic heterocycles. The van der Waals surface area contributed by atoms with Gasteiger partial charge >= 0.3 is 0 Å². The van der Waals surface area contributed by atoms with Crippen LogP contribution in [0.1, 0.15) is 70.2 Å². The Bertz CT molecular complexity index is 645. The fraction of sp³-hybridized carbons (Fsp3) is 0.571. The number of aromatic amines is 1. The van der Waals surface area contributed by atoms with Gasteiger partial charge in [0.25, 0.3) is 0 Å². The Balaban J connectivity index is 1.87. The lowest BCUT2D eigenvalue weighted by molar-refractivity contribution is 0.184. The van der Waals surface area contributed by atoms with Gasteiger partial charge in [-0.1, -0.05) is 64.3 Å². The smallest absolute Gasteiger partial charge is 0.110 e. The highest BCUT2D eigenvalue weighted by Crippen LogP contribution is 2.45. The van der Waals surface area contributed by atoms with E-state index in [9.17, 15) is 5.11 Å². The lowest BCUT2D eigenvalue weighted by Crippen LogP contribution is -2.28. The van der Waals surface area contributed by atoms with Crippen molar-refractivity contribution in [3.05, 3.63) is 41.9 Å². The van der Waals surface area contributed by atoms with Crippen LogP contribution in [-0.4, -0.2) is 15.1 Å². The molecule has 3 rings (SSSR count). The molecule has 1 aliphatic carbocycles. The topological polar surface area (TPSA) is 48.9 Å². The van der Waals surface area contributed by atoms with Gasteiger partial charge in [0.1, 0.15) is 5.82 Å². The summed E-state index contributed by atoms with van der Waals surface area (Å²) in [6.45, 7) is 7.10. The average molecular weight is 326 g/mol. The second-order valence-electron chi connectivity index (χ2n) is 8.28. The van der Waals surface area contributed by atoms with Gasteiger partial charge in [-0.2, -0.15) is 0 Å². The minimum absolute atomic E-state index is 0.0856. The normalized spacial score (nSPS) is 17.8. The van der Waals surface area contributed by atoms with Gasteiger partial charge in [0.2, 0.25) is 0 Å². The predicted molar refractivity (Wildman–Crippen MR) is 98.7 cm³/mol. The number of H-pyrrole nitrogens is 1. The standard InChI is InChI=1S/C21H30N2O/c1-21(2,3)19(17-7-5-4-6-8-17)20-22-13-18(23-20)16-11-9-15(14-24)10-12-16/h9-13,17,19,24H,4-8,14H2,1-3H3,(H,22,23).